The molecule has 0 spiro atoms. The first-order chi connectivity index (χ1) is 18.5. The Kier molecular flexibility index (Phi) is 12.8. The molecule has 2 nitrogen and oxygen atoms in total. The van der Waals surface area contributed by atoms with E-state index in [-0.39, 0.29) is 5.82 Å². The summed E-state index contributed by atoms with van der Waals surface area (Å²) in [7, 11) is 0. The summed E-state index contributed by atoms with van der Waals surface area (Å²) in [6.07, 6.45) is 20.6. The zero-order valence-corrected chi connectivity index (χ0v) is 24.1. The van der Waals surface area contributed by atoms with Gasteiger partial charge in [0.25, 0.3) is 0 Å². The summed E-state index contributed by atoms with van der Waals surface area (Å²) >= 11 is 0. The van der Waals surface area contributed by atoms with Crippen LogP contribution in [0.5, 0.6) is 0 Å². The molecule has 1 aliphatic rings. The molecule has 3 rings (SSSR count). The van der Waals surface area contributed by atoms with Crippen molar-refractivity contribution in [2.24, 2.45) is 5.92 Å². The van der Waals surface area contributed by atoms with E-state index in [1.807, 2.05) is 36.4 Å². The van der Waals surface area contributed by atoms with Gasteiger partial charge in [0, 0.05) is 0 Å². The third-order valence-corrected chi connectivity index (χ3v) is 8.96. The van der Waals surface area contributed by atoms with Crippen molar-refractivity contribution in [3.8, 4) is 11.1 Å². The summed E-state index contributed by atoms with van der Waals surface area (Å²) in [5.74, 6) is -0.178. The van der Waals surface area contributed by atoms with E-state index in [1.54, 1.807) is 6.07 Å². The van der Waals surface area contributed by atoms with Crippen molar-refractivity contribution >= 4 is 5.97 Å². The number of carboxylic acids is 1. The van der Waals surface area contributed by atoms with Gasteiger partial charge in [0.1, 0.15) is 5.82 Å². The predicted octanol–water partition coefficient (Wildman–Crippen LogP) is 10.7. The van der Waals surface area contributed by atoms with Crippen LogP contribution in [0.15, 0.2) is 42.5 Å². The highest BCUT2D eigenvalue weighted by molar-refractivity contribution is 5.82. The van der Waals surface area contributed by atoms with Gasteiger partial charge in [-0.15, -0.1) is 0 Å². The SMILES string of the molecule is CCCCCCCCCC1CCC(C(=O)O)(c2ccc(-c3ccc(CCCCCCC)c(F)c3)cc2)CC1. The monoisotopic (exact) mass is 522 g/mol. The van der Waals surface area contributed by atoms with Crippen LogP contribution in [0.1, 0.15) is 134 Å². The summed E-state index contributed by atoms with van der Waals surface area (Å²) in [5.41, 5.74) is 2.69. The minimum atomic E-state index is -0.790. The predicted molar refractivity (Wildman–Crippen MR) is 158 cm³/mol. The maximum atomic E-state index is 14.8. The molecule has 2 aromatic rings. The lowest BCUT2D eigenvalue weighted by molar-refractivity contribution is -0.145. The van der Waals surface area contributed by atoms with E-state index in [4.69, 9.17) is 0 Å². The lowest BCUT2D eigenvalue weighted by Crippen LogP contribution is -2.39. The number of aryl methyl sites for hydroxylation is 1. The summed E-state index contributed by atoms with van der Waals surface area (Å²) in [6, 6.07) is 13.5. The molecule has 1 N–H and O–H groups in total. The van der Waals surface area contributed by atoms with E-state index in [2.05, 4.69) is 13.8 Å². The zero-order chi connectivity index (χ0) is 27.2. The summed E-state index contributed by atoms with van der Waals surface area (Å²) in [4.78, 5) is 12.5. The first kappa shape index (κ1) is 30.4. The lowest BCUT2D eigenvalue weighted by Gasteiger charge is -2.37. The van der Waals surface area contributed by atoms with Crippen LogP contribution in [0.2, 0.25) is 0 Å². The van der Waals surface area contributed by atoms with Gasteiger partial charge in [-0.25, -0.2) is 4.39 Å². The van der Waals surface area contributed by atoms with E-state index >= 15 is 0 Å². The number of halogens is 1. The van der Waals surface area contributed by atoms with Gasteiger partial charge in [-0.05, 0) is 72.8 Å². The number of aliphatic carboxylic acids is 1. The molecule has 0 amide bonds. The van der Waals surface area contributed by atoms with Crippen LogP contribution in [0, 0.1) is 11.7 Å². The molecule has 0 heterocycles. The summed E-state index contributed by atoms with van der Waals surface area (Å²) in [5, 5.41) is 10.3. The third kappa shape index (κ3) is 8.68. The van der Waals surface area contributed by atoms with Crippen LogP contribution >= 0.6 is 0 Å². The molecule has 0 aliphatic heterocycles. The molecule has 3 heteroatoms. The van der Waals surface area contributed by atoms with Crippen LogP contribution in [-0.4, -0.2) is 11.1 Å². The molecule has 0 aromatic heterocycles. The zero-order valence-electron chi connectivity index (χ0n) is 24.1. The molecule has 0 atom stereocenters. The second-order valence-corrected chi connectivity index (χ2v) is 11.8. The van der Waals surface area contributed by atoms with E-state index in [9.17, 15) is 14.3 Å². The summed E-state index contributed by atoms with van der Waals surface area (Å²) < 4.78 is 14.8. The van der Waals surface area contributed by atoms with Gasteiger partial charge >= 0.3 is 5.97 Å². The first-order valence-corrected chi connectivity index (χ1v) is 15.6. The van der Waals surface area contributed by atoms with E-state index in [0.717, 1.165) is 54.4 Å². The van der Waals surface area contributed by atoms with Crippen LogP contribution in [0.4, 0.5) is 4.39 Å². The molecular formula is C35H51FO2. The Hall–Kier alpha value is -2.16. The smallest absolute Gasteiger partial charge is 0.314 e. The van der Waals surface area contributed by atoms with E-state index < -0.39 is 11.4 Å². The van der Waals surface area contributed by atoms with Crippen LogP contribution < -0.4 is 0 Å². The molecular weight excluding hydrogens is 471 g/mol. The molecule has 1 fully saturated rings. The molecule has 1 saturated carbocycles. The van der Waals surface area contributed by atoms with Crippen molar-refractivity contribution in [3.63, 3.8) is 0 Å². The molecule has 0 unspecified atom stereocenters. The van der Waals surface area contributed by atoms with Gasteiger partial charge in [0.2, 0.25) is 0 Å². The number of hydrogen-bond acceptors (Lipinski definition) is 1. The van der Waals surface area contributed by atoms with Crippen molar-refractivity contribution in [1.82, 2.24) is 0 Å². The fourth-order valence-electron chi connectivity index (χ4n) is 6.31. The van der Waals surface area contributed by atoms with Gasteiger partial charge in [-0.1, -0.05) is 127 Å². The Balaban J connectivity index is 1.54. The molecule has 0 saturated heterocycles. The second kappa shape index (κ2) is 16.1. The number of benzene rings is 2. The Morgan fingerprint density at radius 3 is 1.92 bits per heavy atom. The quantitative estimate of drug-likeness (QED) is 0.210. The largest absolute Gasteiger partial charge is 0.481 e. The molecule has 1 aliphatic carbocycles. The third-order valence-electron chi connectivity index (χ3n) is 8.96. The van der Waals surface area contributed by atoms with Crippen molar-refractivity contribution in [1.29, 1.82) is 0 Å². The number of carbonyl (C=O) groups is 1. The fraction of sp³-hybridized carbons (Fsp3) is 0.629. The average molecular weight is 523 g/mol. The van der Waals surface area contributed by atoms with Gasteiger partial charge in [-0.3, -0.25) is 4.79 Å². The molecule has 0 bridgehead atoms. The molecule has 0 radical (unpaired) electrons. The van der Waals surface area contributed by atoms with Crippen molar-refractivity contribution in [2.75, 3.05) is 0 Å². The molecule has 2 aromatic carbocycles. The Labute approximate surface area is 231 Å². The van der Waals surface area contributed by atoms with E-state index in [1.165, 1.54) is 70.6 Å². The normalized spacial score (nSPS) is 19.5. The lowest BCUT2D eigenvalue weighted by atomic mass is 9.66. The van der Waals surface area contributed by atoms with Gasteiger partial charge in [-0.2, -0.15) is 0 Å². The Morgan fingerprint density at radius 2 is 1.34 bits per heavy atom. The van der Waals surface area contributed by atoms with Gasteiger partial charge < -0.3 is 5.11 Å². The van der Waals surface area contributed by atoms with Crippen molar-refractivity contribution in [2.45, 2.75) is 135 Å². The maximum absolute atomic E-state index is 14.8. The van der Waals surface area contributed by atoms with Gasteiger partial charge in [0.05, 0.1) is 5.41 Å². The highest BCUT2D eigenvalue weighted by Gasteiger charge is 2.43. The fourth-order valence-corrected chi connectivity index (χ4v) is 6.31. The average Bonchev–Trinajstić information content (AvgIpc) is 2.93. The first-order valence-electron chi connectivity index (χ1n) is 15.6. The number of unbranched alkanes of at least 4 members (excludes halogenated alkanes) is 10. The topological polar surface area (TPSA) is 37.3 Å². The number of rotatable bonds is 17. The molecule has 38 heavy (non-hydrogen) atoms. The van der Waals surface area contributed by atoms with Crippen LogP contribution in [0.25, 0.3) is 11.1 Å². The van der Waals surface area contributed by atoms with Gasteiger partial charge in [0.15, 0.2) is 0 Å². The Bertz CT molecular complexity index is 956. The highest BCUT2D eigenvalue weighted by atomic mass is 19.1. The standard InChI is InChI=1S/C35H51FO2/c1-3-5-7-9-10-12-13-15-28-23-25-35(26-24-28,34(37)38)32-21-19-29(20-22-32)31-18-17-30(33(36)27-31)16-14-11-8-6-4-2/h17-22,27-28H,3-16,23-26H2,1-2H3,(H,37,38). The van der Waals surface area contributed by atoms with E-state index in [0.29, 0.717) is 18.8 Å². The van der Waals surface area contributed by atoms with Crippen molar-refractivity contribution in [3.05, 3.63) is 59.4 Å². The maximum Gasteiger partial charge on any atom is 0.314 e. The number of hydrogen-bond donors (Lipinski definition) is 1. The molecule has 210 valence electrons. The minimum absolute atomic E-state index is 0.136. The Morgan fingerprint density at radius 1 is 0.789 bits per heavy atom. The van der Waals surface area contributed by atoms with Crippen molar-refractivity contribution < 1.29 is 14.3 Å². The van der Waals surface area contributed by atoms with Crippen LogP contribution in [0.3, 0.4) is 0 Å². The van der Waals surface area contributed by atoms with Crippen LogP contribution in [-0.2, 0) is 16.6 Å². The number of carboxylic acid groups (broad SMARTS) is 1. The second-order valence-electron chi connectivity index (χ2n) is 11.8. The highest BCUT2D eigenvalue weighted by Crippen LogP contribution is 2.43. The minimum Gasteiger partial charge on any atom is -0.481 e. The summed E-state index contributed by atoms with van der Waals surface area (Å²) in [6.45, 7) is 4.46.